The molecule has 0 saturated carbocycles. The molecule has 0 bridgehead atoms. The molecule has 2 aromatic heterocycles. The average Bonchev–Trinajstić information content (AvgIpc) is 3.36. The third kappa shape index (κ3) is 3.45. The van der Waals surface area contributed by atoms with Gasteiger partial charge < -0.3 is 9.47 Å². The van der Waals surface area contributed by atoms with Crippen LogP contribution >= 0.6 is 0 Å². The highest BCUT2D eigenvalue weighted by Crippen LogP contribution is 2.25. The molecule has 1 N–H and O–H groups in total. The Morgan fingerprint density at radius 1 is 1.12 bits per heavy atom. The Kier molecular flexibility index (Phi) is 4.28. The van der Waals surface area contributed by atoms with E-state index in [2.05, 4.69) is 20.6 Å². The average molecular weight is 336 g/mol. The molecule has 1 fully saturated rings. The highest BCUT2D eigenvalue weighted by atomic mass is 16.2. The summed E-state index contributed by atoms with van der Waals surface area (Å²) in [6.07, 6.45) is 6.23. The number of piperidine rings is 1. The summed E-state index contributed by atoms with van der Waals surface area (Å²) in [6.45, 7) is 1.50. The Morgan fingerprint density at radius 3 is 2.48 bits per heavy atom. The summed E-state index contributed by atoms with van der Waals surface area (Å²) in [6, 6.07) is 12.1. The second-order valence-corrected chi connectivity index (χ2v) is 6.36. The van der Waals surface area contributed by atoms with Crippen molar-refractivity contribution in [2.24, 2.45) is 0 Å². The van der Waals surface area contributed by atoms with Gasteiger partial charge in [0.1, 0.15) is 0 Å². The number of tetrazole rings is 1. The van der Waals surface area contributed by atoms with Gasteiger partial charge in [-0.3, -0.25) is 4.79 Å². The number of carbonyl (C=O) groups excluding carboxylic acids is 1. The summed E-state index contributed by atoms with van der Waals surface area (Å²) in [4.78, 5) is 14.5. The van der Waals surface area contributed by atoms with Crippen LogP contribution < -0.4 is 0 Å². The van der Waals surface area contributed by atoms with Gasteiger partial charge >= 0.3 is 0 Å². The van der Waals surface area contributed by atoms with E-state index in [4.69, 9.17) is 0 Å². The van der Waals surface area contributed by atoms with E-state index in [1.165, 1.54) is 0 Å². The Hall–Kier alpha value is -2.96. The standard InChI is InChI=1S/C18H20N6O/c25-17(24-11-7-15(8-12-24)18-19-21-22-20-18)13-14-3-5-16(6-4-14)23-9-1-2-10-23/h1-6,9-10,15H,7-8,11-13H2,(H,19,20,21,22). The van der Waals surface area contributed by atoms with Crippen molar-refractivity contribution in [3.63, 3.8) is 0 Å². The van der Waals surface area contributed by atoms with Crippen molar-refractivity contribution >= 4 is 5.91 Å². The van der Waals surface area contributed by atoms with Gasteiger partial charge in [0, 0.05) is 37.1 Å². The maximum Gasteiger partial charge on any atom is 0.226 e. The van der Waals surface area contributed by atoms with Crippen molar-refractivity contribution in [3.05, 3.63) is 60.2 Å². The molecule has 3 aromatic rings. The molecule has 3 heterocycles. The third-order valence-corrected chi connectivity index (χ3v) is 4.77. The summed E-state index contributed by atoms with van der Waals surface area (Å²) in [7, 11) is 0. The number of benzene rings is 1. The first-order valence-electron chi connectivity index (χ1n) is 8.53. The fraction of sp³-hybridized carbons (Fsp3) is 0.333. The molecule has 1 aliphatic rings. The molecule has 1 aromatic carbocycles. The van der Waals surface area contributed by atoms with Crippen molar-refractivity contribution in [3.8, 4) is 5.69 Å². The number of nitrogens with zero attached hydrogens (tertiary/aromatic N) is 5. The maximum absolute atomic E-state index is 12.5. The van der Waals surface area contributed by atoms with E-state index >= 15 is 0 Å². The molecule has 0 unspecified atom stereocenters. The zero-order chi connectivity index (χ0) is 17.1. The van der Waals surface area contributed by atoms with Gasteiger partial charge in [-0.15, -0.1) is 10.2 Å². The van der Waals surface area contributed by atoms with Gasteiger partial charge in [-0.2, -0.15) is 5.21 Å². The lowest BCUT2D eigenvalue weighted by molar-refractivity contribution is -0.131. The molecule has 1 aliphatic heterocycles. The van der Waals surface area contributed by atoms with Gasteiger partial charge in [-0.05, 0) is 42.7 Å². The minimum atomic E-state index is 0.181. The number of likely N-dealkylation sites (tertiary alicyclic amines) is 1. The first-order chi connectivity index (χ1) is 12.3. The van der Waals surface area contributed by atoms with E-state index < -0.39 is 0 Å². The van der Waals surface area contributed by atoms with Crippen molar-refractivity contribution in [1.82, 2.24) is 30.1 Å². The zero-order valence-corrected chi connectivity index (χ0v) is 13.9. The highest BCUT2D eigenvalue weighted by Gasteiger charge is 2.26. The van der Waals surface area contributed by atoms with Crippen LogP contribution in [0.3, 0.4) is 0 Å². The lowest BCUT2D eigenvalue weighted by Crippen LogP contribution is -2.39. The number of hydrogen-bond donors (Lipinski definition) is 1. The van der Waals surface area contributed by atoms with Gasteiger partial charge in [0.25, 0.3) is 0 Å². The summed E-state index contributed by atoms with van der Waals surface area (Å²) in [5, 5.41) is 14.2. The van der Waals surface area contributed by atoms with Crippen LogP contribution in [0.2, 0.25) is 0 Å². The summed E-state index contributed by atoms with van der Waals surface area (Å²) >= 11 is 0. The predicted octanol–water partition coefficient (Wildman–Crippen LogP) is 1.94. The molecule has 0 spiro atoms. The number of amides is 1. The Labute approximate surface area is 145 Å². The normalized spacial score (nSPS) is 15.4. The number of nitrogens with one attached hydrogen (secondary N) is 1. The number of carbonyl (C=O) groups is 1. The molecular formula is C18H20N6O. The van der Waals surface area contributed by atoms with E-state index in [1.54, 1.807) is 0 Å². The van der Waals surface area contributed by atoms with Crippen molar-refractivity contribution in [2.75, 3.05) is 13.1 Å². The first-order valence-corrected chi connectivity index (χ1v) is 8.53. The lowest BCUT2D eigenvalue weighted by Gasteiger charge is -2.30. The maximum atomic E-state index is 12.5. The van der Waals surface area contributed by atoms with Crippen LogP contribution in [0.4, 0.5) is 0 Å². The monoisotopic (exact) mass is 336 g/mol. The summed E-state index contributed by atoms with van der Waals surface area (Å²) in [5.41, 5.74) is 2.14. The topological polar surface area (TPSA) is 79.7 Å². The van der Waals surface area contributed by atoms with Gasteiger partial charge in [0.15, 0.2) is 5.82 Å². The third-order valence-electron chi connectivity index (χ3n) is 4.77. The van der Waals surface area contributed by atoms with Crippen LogP contribution in [0.25, 0.3) is 5.69 Å². The molecule has 7 heteroatoms. The Bertz CT molecular complexity index is 802. The van der Waals surface area contributed by atoms with Crippen molar-refractivity contribution in [2.45, 2.75) is 25.2 Å². The Morgan fingerprint density at radius 2 is 1.84 bits per heavy atom. The second kappa shape index (κ2) is 6.88. The molecule has 0 atom stereocenters. The molecule has 1 saturated heterocycles. The Balaban J connectivity index is 1.33. The fourth-order valence-electron chi connectivity index (χ4n) is 3.31. The van der Waals surface area contributed by atoms with Crippen molar-refractivity contribution < 1.29 is 4.79 Å². The van der Waals surface area contributed by atoms with E-state index in [1.807, 2.05) is 58.3 Å². The minimum Gasteiger partial charge on any atom is -0.342 e. The SMILES string of the molecule is O=C(Cc1ccc(-n2cccc2)cc1)N1CCC(c2nn[nH]n2)CC1. The molecule has 7 nitrogen and oxygen atoms in total. The number of rotatable bonds is 4. The molecule has 4 rings (SSSR count). The van der Waals surface area contributed by atoms with Crippen LogP contribution in [-0.2, 0) is 11.2 Å². The zero-order valence-electron chi connectivity index (χ0n) is 13.9. The van der Waals surface area contributed by atoms with Crippen LogP contribution in [0, 0.1) is 0 Å². The van der Waals surface area contributed by atoms with Crippen LogP contribution in [0.15, 0.2) is 48.8 Å². The number of H-pyrrole nitrogens is 1. The molecular weight excluding hydrogens is 316 g/mol. The number of aromatic amines is 1. The minimum absolute atomic E-state index is 0.181. The van der Waals surface area contributed by atoms with Crippen LogP contribution in [0.5, 0.6) is 0 Å². The van der Waals surface area contributed by atoms with Gasteiger partial charge in [-0.25, -0.2) is 0 Å². The highest BCUT2D eigenvalue weighted by molar-refractivity contribution is 5.79. The largest absolute Gasteiger partial charge is 0.342 e. The van der Waals surface area contributed by atoms with Crippen LogP contribution in [0.1, 0.15) is 30.1 Å². The molecule has 0 aliphatic carbocycles. The molecule has 128 valence electrons. The van der Waals surface area contributed by atoms with Gasteiger partial charge in [0.2, 0.25) is 5.91 Å². The first kappa shape index (κ1) is 15.6. The number of aromatic nitrogens is 5. The predicted molar refractivity (Wildman–Crippen MR) is 92.2 cm³/mol. The second-order valence-electron chi connectivity index (χ2n) is 6.36. The van der Waals surface area contributed by atoms with E-state index in [9.17, 15) is 4.79 Å². The van der Waals surface area contributed by atoms with E-state index in [0.29, 0.717) is 12.3 Å². The van der Waals surface area contributed by atoms with E-state index in [0.717, 1.165) is 43.0 Å². The van der Waals surface area contributed by atoms with Gasteiger partial charge in [-0.1, -0.05) is 17.3 Å². The lowest BCUT2D eigenvalue weighted by atomic mass is 9.96. The number of hydrogen-bond acceptors (Lipinski definition) is 4. The van der Waals surface area contributed by atoms with Gasteiger partial charge in [0.05, 0.1) is 6.42 Å². The fourth-order valence-corrected chi connectivity index (χ4v) is 3.31. The van der Waals surface area contributed by atoms with Crippen molar-refractivity contribution in [1.29, 1.82) is 0 Å². The summed E-state index contributed by atoms with van der Waals surface area (Å²) in [5.74, 6) is 1.23. The van der Waals surface area contributed by atoms with Crippen LogP contribution in [-0.4, -0.2) is 49.1 Å². The summed E-state index contributed by atoms with van der Waals surface area (Å²) < 4.78 is 2.05. The van der Waals surface area contributed by atoms with E-state index in [-0.39, 0.29) is 5.91 Å². The molecule has 0 radical (unpaired) electrons. The smallest absolute Gasteiger partial charge is 0.226 e. The quantitative estimate of drug-likeness (QED) is 0.789. The molecule has 25 heavy (non-hydrogen) atoms. The molecule has 1 amide bonds.